The molecular weight excluding hydrogens is 354 g/mol. The second kappa shape index (κ2) is 7.84. The molecule has 3 rings (SSSR count). The summed E-state index contributed by atoms with van der Waals surface area (Å²) in [6.07, 6.45) is 0. The maximum absolute atomic E-state index is 12.7. The van der Waals surface area contributed by atoms with Crippen LogP contribution in [-0.4, -0.2) is 32.9 Å². The number of benzene rings is 1. The van der Waals surface area contributed by atoms with Crippen LogP contribution in [0.15, 0.2) is 46.9 Å². The first-order chi connectivity index (χ1) is 12.1. The van der Waals surface area contributed by atoms with Crippen LogP contribution in [-0.2, 0) is 6.54 Å². The van der Waals surface area contributed by atoms with E-state index in [0.29, 0.717) is 5.56 Å². The van der Waals surface area contributed by atoms with Gasteiger partial charge in [0.2, 0.25) is 0 Å². The summed E-state index contributed by atoms with van der Waals surface area (Å²) in [7, 11) is 1.61. The van der Waals surface area contributed by atoms with Crippen LogP contribution in [0.2, 0.25) is 0 Å². The fourth-order valence-corrected chi connectivity index (χ4v) is 4.16. The summed E-state index contributed by atoms with van der Waals surface area (Å²) in [6.45, 7) is 4.71. The van der Waals surface area contributed by atoms with Gasteiger partial charge in [-0.3, -0.25) is 4.79 Å². The van der Waals surface area contributed by atoms with E-state index >= 15 is 0 Å². The Kier molecular flexibility index (Phi) is 5.55. The largest absolute Gasteiger partial charge is 0.497 e. The number of hydrogen-bond acceptors (Lipinski definition) is 6. The molecule has 0 aliphatic rings. The fourth-order valence-electron chi connectivity index (χ4n) is 2.45. The lowest BCUT2D eigenvalue weighted by Crippen LogP contribution is -2.14. The summed E-state index contributed by atoms with van der Waals surface area (Å²) < 4.78 is 7.19. The number of thioether (sulfide) groups is 1. The Balaban J connectivity index is 1.78. The smallest absolute Gasteiger partial charge is 0.192 e. The van der Waals surface area contributed by atoms with E-state index in [9.17, 15) is 4.79 Å². The fraction of sp³-hybridized carbons (Fsp3) is 0.278. The quantitative estimate of drug-likeness (QED) is 0.454. The van der Waals surface area contributed by atoms with Crippen molar-refractivity contribution in [1.82, 2.24) is 14.8 Å². The van der Waals surface area contributed by atoms with Crippen molar-refractivity contribution < 1.29 is 9.53 Å². The number of methoxy groups -OCH3 is 1. The molecule has 25 heavy (non-hydrogen) atoms. The molecule has 0 saturated heterocycles. The Morgan fingerprint density at radius 2 is 2.04 bits per heavy atom. The Morgan fingerprint density at radius 3 is 2.64 bits per heavy atom. The Morgan fingerprint density at radius 1 is 1.28 bits per heavy atom. The summed E-state index contributed by atoms with van der Waals surface area (Å²) in [4.78, 5) is 13.7. The molecular formula is C18H19N3O2S2. The Labute approximate surface area is 155 Å². The van der Waals surface area contributed by atoms with Gasteiger partial charge in [-0.15, -0.1) is 21.5 Å². The van der Waals surface area contributed by atoms with E-state index in [1.165, 1.54) is 11.8 Å². The molecule has 1 atom stereocenters. The monoisotopic (exact) mass is 373 g/mol. The highest BCUT2D eigenvalue weighted by molar-refractivity contribution is 8.00. The van der Waals surface area contributed by atoms with Gasteiger partial charge < -0.3 is 9.30 Å². The first-order valence-electron chi connectivity index (χ1n) is 7.96. The van der Waals surface area contributed by atoms with Gasteiger partial charge in [0.15, 0.2) is 16.8 Å². The van der Waals surface area contributed by atoms with E-state index in [2.05, 4.69) is 17.1 Å². The highest BCUT2D eigenvalue weighted by atomic mass is 32.2. The molecule has 7 heteroatoms. The van der Waals surface area contributed by atoms with Gasteiger partial charge in [-0.2, -0.15) is 0 Å². The van der Waals surface area contributed by atoms with Crippen LogP contribution in [0, 0.1) is 0 Å². The second-order valence-electron chi connectivity index (χ2n) is 5.38. The molecule has 0 saturated carbocycles. The SMILES string of the molecule is CCn1c(S[C@@H](C)C(=O)c2ccc(OC)cc2)nnc1-c1cccs1. The minimum absolute atomic E-state index is 0.0657. The summed E-state index contributed by atoms with van der Waals surface area (Å²) in [5, 5.41) is 11.1. The van der Waals surface area contributed by atoms with Gasteiger partial charge in [0, 0.05) is 12.1 Å². The van der Waals surface area contributed by atoms with Crippen molar-refractivity contribution in [2.45, 2.75) is 30.8 Å². The third-order valence-corrected chi connectivity index (χ3v) is 5.75. The predicted molar refractivity (Wildman–Crippen MR) is 102 cm³/mol. The highest BCUT2D eigenvalue weighted by Gasteiger charge is 2.21. The predicted octanol–water partition coefficient (Wildman–Crippen LogP) is 4.40. The van der Waals surface area contributed by atoms with Crippen molar-refractivity contribution in [3.05, 3.63) is 47.3 Å². The van der Waals surface area contributed by atoms with Crippen molar-refractivity contribution in [2.24, 2.45) is 0 Å². The van der Waals surface area contributed by atoms with E-state index in [4.69, 9.17) is 4.74 Å². The Bertz CT molecular complexity index is 842. The molecule has 0 spiro atoms. The number of hydrogen-bond donors (Lipinski definition) is 0. The summed E-state index contributed by atoms with van der Waals surface area (Å²) in [5.41, 5.74) is 0.668. The van der Waals surface area contributed by atoms with Crippen LogP contribution < -0.4 is 4.74 Å². The second-order valence-corrected chi connectivity index (χ2v) is 7.64. The molecule has 0 aliphatic heterocycles. The average Bonchev–Trinajstić information content (AvgIpc) is 3.30. The minimum Gasteiger partial charge on any atom is -0.497 e. The molecule has 0 bridgehead atoms. The zero-order valence-electron chi connectivity index (χ0n) is 14.3. The van der Waals surface area contributed by atoms with Gasteiger partial charge >= 0.3 is 0 Å². The normalized spacial score (nSPS) is 12.1. The Hall–Kier alpha value is -2.12. The number of ether oxygens (including phenoxy) is 1. The van der Waals surface area contributed by atoms with Gasteiger partial charge in [0.05, 0.1) is 17.2 Å². The van der Waals surface area contributed by atoms with Crippen molar-refractivity contribution in [2.75, 3.05) is 7.11 Å². The van der Waals surface area contributed by atoms with Crippen LogP contribution in [0.5, 0.6) is 5.75 Å². The molecule has 2 aromatic heterocycles. The number of carbonyl (C=O) groups excluding carboxylic acids is 1. The number of nitrogens with zero attached hydrogens (tertiary/aromatic N) is 3. The van der Waals surface area contributed by atoms with Crippen LogP contribution in [0.3, 0.4) is 0 Å². The summed E-state index contributed by atoms with van der Waals surface area (Å²) >= 11 is 3.07. The lowest BCUT2D eigenvalue weighted by Gasteiger charge is -2.11. The molecule has 3 aromatic rings. The average molecular weight is 374 g/mol. The summed E-state index contributed by atoms with van der Waals surface area (Å²) in [6, 6.07) is 11.2. The third kappa shape index (κ3) is 3.77. The number of Topliss-reactive ketones (excluding diaryl/α,β-unsaturated/α-hetero) is 1. The van der Waals surface area contributed by atoms with E-state index in [1.807, 2.05) is 29.0 Å². The highest BCUT2D eigenvalue weighted by Crippen LogP contribution is 2.30. The van der Waals surface area contributed by atoms with Crippen molar-refractivity contribution in [3.8, 4) is 16.5 Å². The van der Waals surface area contributed by atoms with Crippen molar-refractivity contribution >= 4 is 28.9 Å². The third-order valence-electron chi connectivity index (χ3n) is 3.80. The number of rotatable bonds is 7. The lowest BCUT2D eigenvalue weighted by atomic mass is 10.1. The number of aromatic nitrogens is 3. The van der Waals surface area contributed by atoms with Gasteiger partial charge in [0.1, 0.15) is 5.75 Å². The zero-order valence-corrected chi connectivity index (χ0v) is 15.9. The molecule has 0 unspecified atom stereocenters. The number of carbonyl (C=O) groups is 1. The molecule has 1 aromatic carbocycles. The molecule has 0 fully saturated rings. The molecule has 2 heterocycles. The van der Waals surface area contributed by atoms with Crippen molar-refractivity contribution in [3.63, 3.8) is 0 Å². The minimum atomic E-state index is -0.251. The first kappa shape index (κ1) is 17.7. The van der Waals surface area contributed by atoms with Gasteiger partial charge in [0.25, 0.3) is 0 Å². The van der Waals surface area contributed by atoms with Crippen LogP contribution >= 0.6 is 23.1 Å². The maximum Gasteiger partial charge on any atom is 0.192 e. The molecule has 0 N–H and O–H groups in total. The van der Waals surface area contributed by atoms with E-state index in [-0.39, 0.29) is 11.0 Å². The molecule has 0 aliphatic carbocycles. The molecule has 130 valence electrons. The zero-order chi connectivity index (χ0) is 17.8. The molecule has 0 radical (unpaired) electrons. The van der Waals surface area contributed by atoms with Crippen molar-refractivity contribution in [1.29, 1.82) is 0 Å². The van der Waals surface area contributed by atoms with Gasteiger partial charge in [-0.05, 0) is 49.6 Å². The number of ketones is 1. The summed E-state index contributed by atoms with van der Waals surface area (Å²) in [5.74, 6) is 1.66. The number of thiophene rings is 1. The van der Waals surface area contributed by atoms with E-state index < -0.39 is 0 Å². The van der Waals surface area contributed by atoms with Gasteiger partial charge in [-0.1, -0.05) is 17.8 Å². The molecule has 5 nitrogen and oxygen atoms in total. The maximum atomic E-state index is 12.7. The van der Waals surface area contributed by atoms with Crippen LogP contribution in [0.4, 0.5) is 0 Å². The van der Waals surface area contributed by atoms with E-state index in [1.54, 1.807) is 42.7 Å². The van der Waals surface area contributed by atoms with Gasteiger partial charge in [-0.25, -0.2) is 0 Å². The first-order valence-corrected chi connectivity index (χ1v) is 9.72. The van der Waals surface area contributed by atoms with Crippen LogP contribution in [0.1, 0.15) is 24.2 Å². The topological polar surface area (TPSA) is 57.0 Å². The standard InChI is InChI=1S/C18H19N3O2S2/c1-4-21-17(15-6-5-11-24-15)19-20-18(21)25-12(2)16(22)13-7-9-14(23-3)10-8-13/h5-12H,4H2,1-3H3/t12-/m0/s1. The van der Waals surface area contributed by atoms with Crippen LogP contribution in [0.25, 0.3) is 10.7 Å². The molecule has 0 amide bonds. The van der Waals surface area contributed by atoms with E-state index in [0.717, 1.165) is 28.2 Å². The lowest BCUT2D eigenvalue weighted by molar-refractivity contribution is 0.0994.